The number of rotatable bonds is 10. The third kappa shape index (κ3) is 7.53. The standard InChI is InChI=1S/C35H36ClN7O4/c1-24(2)47-32-12-9-26(31(44)21-41-14-13-37-23-41)19-30(32)43-33(39-29-6-4-3-5-28(29)34(43)45)22-40-15-17-42(18-16-40)35(46)38-20-25-7-10-27(36)11-8-25/h3-14,19,23-24H,15-18,20-22H2,1-2H3,(H,38,46). The number of hydrogen-bond acceptors (Lipinski definition) is 7. The second-order valence-electron chi connectivity index (χ2n) is 11.7. The van der Waals surface area contributed by atoms with Crippen LogP contribution in [0.1, 0.15) is 35.6 Å². The minimum Gasteiger partial charge on any atom is -0.489 e. The summed E-state index contributed by atoms with van der Waals surface area (Å²) in [5.41, 5.74) is 2.19. The number of ether oxygens (including phenoxy) is 1. The number of imidazole rings is 1. The molecule has 3 heterocycles. The van der Waals surface area contributed by atoms with E-state index in [2.05, 4.69) is 15.2 Å². The summed E-state index contributed by atoms with van der Waals surface area (Å²) in [6, 6.07) is 19.7. The monoisotopic (exact) mass is 653 g/mol. The van der Waals surface area contributed by atoms with Gasteiger partial charge in [-0.15, -0.1) is 0 Å². The Balaban J connectivity index is 1.27. The molecule has 5 aromatic rings. The molecule has 11 nitrogen and oxygen atoms in total. The molecule has 47 heavy (non-hydrogen) atoms. The first-order valence-corrected chi connectivity index (χ1v) is 15.9. The van der Waals surface area contributed by atoms with Crippen molar-refractivity contribution in [3.8, 4) is 11.4 Å². The smallest absolute Gasteiger partial charge is 0.317 e. The van der Waals surface area contributed by atoms with Gasteiger partial charge in [0.15, 0.2) is 5.78 Å². The molecule has 1 aliphatic rings. The first kappa shape index (κ1) is 32.0. The second kappa shape index (κ2) is 14.2. The number of hydrogen-bond donors (Lipinski definition) is 1. The number of Topliss-reactive ketones (excluding diaryl/α,β-unsaturated/α-hetero) is 1. The van der Waals surface area contributed by atoms with Gasteiger partial charge in [-0.05, 0) is 61.9 Å². The van der Waals surface area contributed by atoms with Gasteiger partial charge in [-0.3, -0.25) is 19.1 Å². The number of nitrogens with one attached hydrogen (secondary N) is 1. The fourth-order valence-corrected chi connectivity index (χ4v) is 5.72. The highest BCUT2D eigenvalue weighted by molar-refractivity contribution is 6.30. The lowest BCUT2D eigenvalue weighted by atomic mass is 10.1. The van der Waals surface area contributed by atoms with Crippen LogP contribution in [-0.4, -0.2) is 73.0 Å². The molecule has 0 saturated carbocycles. The van der Waals surface area contributed by atoms with Crippen molar-refractivity contribution < 1.29 is 14.3 Å². The number of nitrogens with zero attached hydrogens (tertiary/aromatic N) is 6. The van der Waals surface area contributed by atoms with Gasteiger partial charge in [0.25, 0.3) is 5.56 Å². The van der Waals surface area contributed by atoms with E-state index in [0.29, 0.717) is 78.0 Å². The quantitative estimate of drug-likeness (QED) is 0.213. The molecule has 1 saturated heterocycles. The van der Waals surface area contributed by atoms with Gasteiger partial charge in [-0.1, -0.05) is 35.9 Å². The highest BCUT2D eigenvalue weighted by Gasteiger charge is 2.25. The molecule has 1 fully saturated rings. The Morgan fingerprint density at radius 2 is 1.77 bits per heavy atom. The summed E-state index contributed by atoms with van der Waals surface area (Å²) in [7, 11) is 0. The van der Waals surface area contributed by atoms with Crippen LogP contribution in [-0.2, 0) is 19.6 Å². The second-order valence-corrected chi connectivity index (χ2v) is 12.2. The predicted molar refractivity (Wildman–Crippen MR) is 180 cm³/mol. The zero-order valence-corrected chi connectivity index (χ0v) is 27.1. The largest absolute Gasteiger partial charge is 0.489 e. The number of amides is 2. The Bertz CT molecular complexity index is 1930. The van der Waals surface area contributed by atoms with E-state index in [1.807, 2.05) is 44.2 Å². The van der Waals surface area contributed by atoms with Crippen molar-refractivity contribution in [3.63, 3.8) is 0 Å². The van der Waals surface area contributed by atoms with Crippen LogP contribution in [0.15, 0.2) is 90.2 Å². The number of carbonyl (C=O) groups excluding carboxylic acids is 2. The van der Waals surface area contributed by atoms with E-state index in [1.54, 1.807) is 69.2 Å². The molecule has 0 atom stereocenters. The molecule has 242 valence electrons. The van der Waals surface area contributed by atoms with Gasteiger partial charge in [0.05, 0.1) is 42.1 Å². The van der Waals surface area contributed by atoms with Gasteiger partial charge in [-0.2, -0.15) is 0 Å². The number of halogens is 1. The van der Waals surface area contributed by atoms with Gasteiger partial charge in [-0.25, -0.2) is 14.8 Å². The maximum Gasteiger partial charge on any atom is 0.317 e. The van der Waals surface area contributed by atoms with Crippen molar-refractivity contribution in [2.45, 2.75) is 39.6 Å². The molecule has 1 aliphatic heterocycles. The lowest BCUT2D eigenvalue weighted by Gasteiger charge is -2.34. The van der Waals surface area contributed by atoms with Crippen LogP contribution >= 0.6 is 11.6 Å². The zero-order valence-electron chi connectivity index (χ0n) is 26.3. The molecule has 0 spiro atoms. The van der Waals surface area contributed by atoms with Gasteiger partial charge < -0.3 is 19.5 Å². The molecule has 2 aromatic heterocycles. The molecule has 6 rings (SSSR count). The Labute approximate surface area is 277 Å². The summed E-state index contributed by atoms with van der Waals surface area (Å²) >= 11 is 5.97. The summed E-state index contributed by atoms with van der Waals surface area (Å²) in [5.74, 6) is 0.859. The first-order valence-electron chi connectivity index (χ1n) is 15.6. The lowest BCUT2D eigenvalue weighted by molar-refractivity contribution is 0.0972. The predicted octanol–water partition coefficient (Wildman–Crippen LogP) is 4.93. The maximum atomic E-state index is 14.2. The maximum absolute atomic E-state index is 14.2. The highest BCUT2D eigenvalue weighted by atomic mass is 35.5. The van der Waals surface area contributed by atoms with Gasteiger partial charge in [0.1, 0.15) is 11.6 Å². The van der Waals surface area contributed by atoms with E-state index >= 15 is 0 Å². The van der Waals surface area contributed by atoms with Crippen LogP contribution in [0.2, 0.25) is 5.02 Å². The molecule has 12 heteroatoms. The Morgan fingerprint density at radius 1 is 1.00 bits per heavy atom. The van der Waals surface area contributed by atoms with Gasteiger partial charge in [0, 0.05) is 55.7 Å². The number of benzene rings is 3. The van der Waals surface area contributed by atoms with Crippen LogP contribution in [0.3, 0.4) is 0 Å². The number of para-hydroxylation sites is 1. The van der Waals surface area contributed by atoms with E-state index in [1.165, 1.54) is 0 Å². The van der Waals surface area contributed by atoms with Crippen molar-refractivity contribution >= 4 is 34.3 Å². The Morgan fingerprint density at radius 3 is 2.49 bits per heavy atom. The van der Waals surface area contributed by atoms with Crippen LogP contribution in [0.5, 0.6) is 5.75 Å². The van der Waals surface area contributed by atoms with E-state index in [-0.39, 0.29) is 30.0 Å². The van der Waals surface area contributed by atoms with Gasteiger partial charge in [0.2, 0.25) is 0 Å². The topological polar surface area (TPSA) is 115 Å². The number of fused-ring (bicyclic) bond motifs is 1. The number of urea groups is 1. The molecule has 0 radical (unpaired) electrons. The third-order valence-electron chi connectivity index (χ3n) is 8.00. The number of aromatic nitrogens is 4. The van der Waals surface area contributed by atoms with E-state index in [4.69, 9.17) is 21.3 Å². The third-order valence-corrected chi connectivity index (χ3v) is 8.25. The highest BCUT2D eigenvalue weighted by Crippen LogP contribution is 2.27. The Hall–Kier alpha value is -5.00. The van der Waals surface area contributed by atoms with Gasteiger partial charge >= 0.3 is 6.03 Å². The number of carbonyl (C=O) groups is 2. The van der Waals surface area contributed by atoms with Crippen molar-refractivity contribution in [1.82, 2.24) is 34.2 Å². The summed E-state index contributed by atoms with van der Waals surface area (Å²) in [6.07, 6.45) is 4.77. The zero-order chi connectivity index (χ0) is 32.9. The molecule has 0 unspecified atom stereocenters. The van der Waals surface area contributed by atoms with E-state index in [9.17, 15) is 14.4 Å². The molecular formula is C35H36ClN7O4. The van der Waals surface area contributed by atoms with Crippen molar-refractivity contribution in [2.75, 3.05) is 26.2 Å². The summed E-state index contributed by atoms with van der Waals surface area (Å²) in [6.45, 7) is 6.92. The number of ketones is 1. The molecule has 0 bridgehead atoms. The molecule has 2 amide bonds. The number of piperazine rings is 1. The minimum absolute atomic E-state index is 0.110. The van der Waals surface area contributed by atoms with E-state index in [0.717, 1.165) is 5.56 Å². The van der Waals surface area contributed by atoms with Crippen LogP contribution in [0.4, 0.5) is 4.79 Å². The fourth-order valence-electron chi connectivity index (χ4n) is 5.59. The van der Waals surface area contributed by atoms with Crippen molar-refractivity contribution in [2.24, 2.45) is 0 Å². The van der Waals surface area contributed by atoms with Crippen LogP contribution in [0, 0.1) is 0 Å². The molecule has 0 aliphatic carbocycles. The van der Waals surface area contributed by atoms with Crippen LogP contribution in [0.25, 0.3) is 16.6 Å². The normalized spacial score (nSPS) is 13.7. The van der Waals surface area contributed by atoms with E-state index < -0.39 is 0 Å². The summed E-state index contributed by atoms with van der Waals surface area (Å²) in [4.78, 5) is 53.4. The minimum atomic E-state index is -0.251. The first-order chi connectivity index (χ1) is 22.7. The summed E-state index contributed by atoms with van der Waals surface area (Å²) in [5, 5.41) is 4.09. The molecule has 1 N–H and O–H groups in total. The van der Waals surface area contributed by atoms with Crippen molar-refractivity contribution in [1.29, 1.82) is 0 Å². The molecule has 3 aromatic carbocycles. The van der Waals surface area contributed by atoms with Crippen LogP contribution < -0.4 is 15.6 Å². The average molecular weight is 654 g/mol. The SMILES string of the molecule is CC(C)Oc1ccc(C(=O)Cn2ccnc2)cc1-n1c(CN2CCN(C(=O)NCc3ccc(Cl)cc3)CC2)nc2ccccc2c1=O. The van der Waals surface area contributed by atoms with Crippen molar-refractivity contribution in [3.05, 3.63) is 118 Å². The lowest BCUT2D eigenvalue weighted by Crippen LogP contribution is -2.51. The fraction of sp³-hybridized carbons (Fsp3) is 0.286. The average Bonchev–Trinajstić information content (AvgIpc) is 3.58. The Kier molecular flexibility index (Phi) is 9.65. The molecular weight excluding hydrogens is 618 g/mol. The summed E-state index contributed by atoms with van der Waals surface area (Å²) < 4.78 is 9.44.